The first-order valence-electron chi connectivity index (χ1n) is 46.3. The Morgan fingerprint density at radius 3 is 1.69 bits per heavy atom. The molecular formula is C103H140N12O10S2. The van der Waals surface area contributed by atoms with E-state index in [2.05, 4.69) is 99.8 Å². The molecule has 2 heterocycles. The van der Waals surface area contributed by atoms with Crippen molar-refractivity contribution in [3.8, 4) is 11.5 Å². The first kappa shape index (κ1) is 100. The maximum atomic E-state index is 15.4. The summed E-state index contributed by atoms with van der Waals surface area (Å²) < 4.78 is 81.5. The summed E-state index contributed by atoms with van der Waals surface area (Å²) >= 11 is 0. The third kappa shape index (κ3) is 27.2. The Labute approximate surface area is 758 Å². The Morgan fingerprint density at radius 1 is 0.496 bits per heavy atom. The number of nitrogens with zero attached hydrogens (tertiary/aromatic N) is 8. The minimum atomic E-state index is -4.24. The van der Waals surface area contributed by atoms with Crippen LogP contribution in [0.5, 0.6) is 11.5 Å². The number of aliphatic imine (C=N–C) groups is 4. The molecule has 0 saturated carbocycles. The maximum Gasteiger partial charge on any atom is 0.278 e. The summed E-state index contributed by atoms with van der Waals surface area (Å²) in [5, 5.41) is 14.5. The number of hydrogen-bond acceptors (Lipinski definition) is 17. The van der Waals surface area contributed by atoms with Crippen LogP contribution in [0.15, 0.2) is 193 Å². The first-order chi connectivity index (χ1) is 61.1. The molecule has 0 spiro atoms. The number of hydrogen-bond donors (Lipinski definition) is 4. The van der Waals surface area contributed by atoms with Crippen molar-refractivity contribution in [1.82, 2.24) is 13.5 Å². The summed E-state index contributed by atoms with van der Waals surface area (Å²) in [6, 6.07) is 49.2. The van der Waals surface area contributed by atoms with Crippen molar-refractivity contribution in [3.05, 3.63) is 202 Å². The van der Waals surface area contributed by atoms with Crippen LogP contribution in [0.3, 0.4) is 0 Å². The van der Waals surface area contributed by atoms with Gasteiger partial charge < -0.3 is 45.3 Å². The Bertz CT molecular complexity index is 5430. The van der Waals surface area contributed by atoms with Crippen LogP contribution in [-0.2, 0) is 34.4 Å². The fraction of sp³-hybridized carbons (Fsp3) is 0.466. The average Bonchev–Trinajstić information content (AvgIpc) is 0.742. The molecule has 0 aliphatic carbocycles. The Balaban J connectivity index is 0.000000292. The van der Waals surface area contributed by atoms with E-state index in [0.29, 0.717) is 77.2 Å². The number of ether oxygens (including phenoxy) is 3. The first-order valence-corrected chi connectivity index (χ1v) is 49.2. The van der Waals surface area contributed by atoms with Crippen molar-refractivity contribution in [1.29, 1.82) is 0 Å². The molecule has 684 valence electrons. The highest BCUT2D eigenvalue weighted by atomic mass is 32.2. The number of para-hydroxylation sites is 1. The zero-order valence-corrected chi connectivity index (χ0v) is 80.3. The molecule has 0 saturated heterocycles. The van der Waals surface area contributed by atoms with E-state index in [-0.39, 0.29) is 63.7 Å². The number of rotatable bonds is 47. The third-order valence-corrected chi connectivity index (χ3v) is 27.5. The monoisotopic (exact) mass is 1770 g/mol. The molecule has 22 nitrogen and oxygen atoms in total. The number of nitrogens with one attached hydrogen (secondary N) is 4. The zero-order chi connectivity index (χ0) is 91.9. The summed E-state index contributed by atoms with van der Waals surface area (Å²) in [6.45, 7) is 34.3. The van der Waals surface area contributed by atoms with Crippen molar-refractivity contribution in [2.75, 3.05) is 73.2 Å². The van der Waals surface area contributed by atoms with Gasteiger partial charge >= 0.3 is 0 Å². The van der Waals surface area contributed by atoms with E-state index in [1.807, 2.05) is 145 Å². The molecule has 0 bridgehead atoms. The largest absolute Gasteiger partial charge is 0.491 e. The second-order valence-electron chi connectivity index (χ2n) is 33.8. The van der Waals surface area contributed by atoms with Crippen LogP contribution in [0.25, 0.3) is 10.8 Å². The van der Waals surface area contributed by atoms with Crippen LogP contribution >= 0.6 is 0 Å². The van der Waals surface area contributed by atoms with Crippen LogP contribution in [0.1, 0.15) is 249 Å². The van der Waals surface area contributed by atoms with Gasteiger partial charge in [0.25, 0.3) is 37.8 Å². The molecule has 10 rings (SSSR count). The van der Waals surface area contributed by atoms with Gasteiger partial charge in [0.05, 0.1) is 40.0 Å². The highest BCUT2D eigenvalue weighted by Gasteiger charge is 2.43. The van der Waals surface area contributed by atoms with E-state index in [0.717, 1.165) is 184 Å². The second kappa shape index (κ2) is 49.0. The maximum absolute atomic E-state index is 15.4. The number of carbonyl (C=O) groups is 3. The molecule has 4 unspecified atom stereocenters. The van der Waals surface area contributed by atoms with Gasteiger partial charge in [0, 0.05) is 80.2 Å². The number of fused-ring (bicyclic) bond motifs is 2. The van der Waals surface area contributed by atoms with E-state index < -0.39 is 44.2 Å². The number of carbonyl (C=O) groups excluding carboxylic acids is 3. The van der Waals surface area contributed by atoms with Gasteiger partial charge in [-0.15, -0.1) is 0 Å². The van der Waals surface area contributed by atoms with Gasteiger partial charge in [-0.1, -0.05) is 217 Å². The topological polar surface area (TPSA) is 258 Å². The Morgan fingerprint density at radius 2 is 1.08 bits per heavy atom. The summed E-state index contributed by atoms with van der Waals surface area (Å²) in [7, 11) is -4.95. The van der Waals surface area contributed by atoms with E-state index in [1.165, 1.54) is 19.9 Å². The van der Waals surface area contributed by atoms with Gasteiger partial charge in [-0.3, -0.25) is 14.4 Å². The van der Waals surface area contributed by atoms with Crippen LogP contribution in [0.4, 0.5) is 51.2 Å². The molecule has 4 N–H and O–H groups in total. The lowest BCUT2D eigenvalue weighted by atomic mass is 9.99. The lowest BCUT2D eigenvalue weighted by Gasteiger charge is -2.36. The minimum Gasteiger partial charge on any atom is -0.491 e. The van der Waals surface area contributed by atoms with Gasteiger partial charge in [0.2, 0.25) is 6.29 Å². The molecule has 4 atom stereocenters. The molecule has 2 aliphatic heterocycles. The van der Waals surface area contributed by atoms with Gasteiger partial charge in [-0.25, -0.2) is 45.4 Å². The van der Waals surface area contributed by atoms with Crippen LogP contribution in [-0.4, -0.2) is 131 Å². The number of amides is 3. The van der Waals surface area contributed by atoms with Crippen molar-refractivity contribution in [2.45, 2.75) is 263 Å². The molecule has 8 aromatic rings. The number of aryl methyl sites for hydroxylation is 5. The van der Waals surface area contributed by atoms with Crippen molar-refractivity contribution in [3.63, 3.8) is 0 Å². The number of allylic oxidation sites excluding steroid dienone is 2. The van der Waals surface area contributed by atoms with Gasteiger partial charge in [0.15, 0.2) is 23.1 Å². The zero-order valence-electron chi connectivity index (χ0n) is 78.7. The van der Waals surface area contributed by atoms with Crippen molar-refractivity contribution >= 4 is 123 Å². The lowest BCUT2D eigenvalue weighted by Crippen LogP contribution is -2.52. The quantitative estimate of drug-likeness (QED) is 0.0157. The molecule has 2 aliphatic rings. The standard InChI is InChI=1S/C56H74N6O6S.C47H66N6O4S/c1-10-16-20-41(12-3)35-62-55(60-49-32-43-22-18-19-23-44(43)33-52(49)69(62,64)65)54(59-47-27-25-45(57-15-6)31-39(47)8)56(63)61-48-34-46(26-29-51(48)66-36-42(13-4)21-17-11-2)58-37-67-53(14-5)68-50-28-24-38(7)30-40(50)9;1-10-13-15-17-18-21-27-40(26-20-16-14-11-2)53-45(48-36(6)37(7)58(53,56)57)44(46(54)50-43-33-38(29-28-34(43)4)47(55)51(8)9)49-42-31-30-41(32-35(42)5)52(12-3)39-24-22-19-23-25-39/h18-19,22-34,41-42,53,57-58H,10-17,20-21,35-37H2,1-9H3,(H,61,63);19,22-25,28-33,40H,10-18,20-21,26-27H2,1-9H3,(H,50,54). The van der Waals surface area contributed by atoms with E-state index in [1.54, 1.807) is 64.3 Å². The summed E-state index contributed by atoms with van der Waals surface area (Å²) in [4.78, 5) is 67.3. The number of amidine groups is 2. The normalized spacial score (nSPS) is 14.6. The predicted octanol–water partition coefficient (Wildman–Crippen LogP) is 24.9. The Kier molecular flexibility index (Phi) is 38.6. The molecule has 8 aromatic carbocycles. The molecule has 0 aromatic heterocycles. The van der Waals surface area contributed by atoms with E-state index in [4.69, 9.17) is 34.2 Å². The number of anilines is 6. The number of unbranched alkanes of at least 4 members (excludes halogenated alkanes) is 10. The fourth-order valence-electron chi connectivity index (χ4n) is 15.8. The Hall–Kier alpha value is -10.7. The molecule has 0 radical (unpaired) electrons. The van der Waals surface area contributed by atoms with E-state index >= 15 is 13.2 Å². The number of sulfonamides is 2. The highest BCUT2D eigenvalue weighted by Crippen LogP contribution is 2.41. The smallest absolute Gasteiger partial charge is 0.278 e. The number of benzene rings is 8. The van der Waals surface area contributed by atoms with Crippen LogP contribution in [0.2, 0.25) is 0 Å². The minimum absolute atomic E-state index is 0.000182. The molecular weight excluding hydrogens is 1630 g/mol. The SMILES string of the molecule is CCCCC(CC)COc1ccc(NCOC(CC)Oc2ccc(C)cc2C)cc1NC(=O)C(=Nc1ccc(NCC)cc1C)C1=Nc2cc3ccccc3cc2S(=O)(=O)N1CC(CC)CCCC.CCCCCCCCC(CCCCCC)N1C(C(=Nc2ccc(N(CC)c3ccccc3)cc2C)C(=O)Nc2cc(C(=O)N(C)C)ccc2C)=NC(C)=C(C)S1(=O)=O. The fourth-order valence-corrected chi connectivity index (χ4v) is 19.1. The average molecular weight is 1770 g/mol. The third-order valence-electron chi connectivity index (χ3n) is 23.7. The molecule has 24 heteroatoms. The van der Waals surface area contributed by atoms with Gasteiger partial charge in [-0.2, -0.15) is 0 Å². The highest BCUT2D eigenvalue weighted by molar-refractivity contribution is 7.93. The molecule has 127 heavy (non-hydrogen) atoms. The van der Waals surface area contributed by atoms with Crippen LogP contribution in [0, 0.1) is 46.5 Å². The van der Waals surface area contributed by atoms with Crippen molar-refractivity contribution < 1.29 is 45.4 Å². The summed E-state index contributed by atoms with van der Waals surface area (Å²) in [5.41, 5.74) is 10.7. The predicted molar refractivity (Wildman–Crippen MR) is 527 cm³/mol. The summed E-state index contributed by atoms with van der Waals surface area (Å²) in [5.74, 6) is 0.0781. The van der Waals surface area contributed by atoms with Crippen LogP contribution < -0.4 is 35.6 Å². The lowest BCUT2D eigenvalue weighted by molar-refractivity contribution is -0.111. The molecule has 3 amide bonds. The van der Waals surface area contributed by atoms with Gasteiger partial charge in [0.1, 0.15) is 23.1 Å². The van der Waals surface area contributed by atoms with Crippen molar-refractivity contribution in [2.24, 2.45) is 31.8 Å². The second-order valence-corrected chi connectivity index (χ2v) is 37.6. The van der Waals surface area contributed by atoms with Gasteiger partial charge in [-0.05, 0) is 230 Å². The summed E-state index contributed by atoms with van der Waals surface area (Å²) in [6.07, 6.45) is 19.5. The van der Waals surface area contributed by atoms with E-state index in [9.17, 15) is 18.0 Å². The molecule has 0 fully saturated rings.